The van der Waals surface area contributed by atoms with Crippen molar-refractivity contribution in [2.24, 2.45) is 0 Å². The summed E-state index contributed by atoms with van der Waals surface area (Å²) in [6.45, 7) is 3.25. The molecule has 2 unspecified atom stereocenters. The van der Waals surface area contributed by atoms with Gasteiger partial charge in [-0.25, -0.2) is 0 Å². The summed E-state index contributed by atoms with van der Waals surface area (Å²) in [7, 11) is 0. The molecule has 0 spiro atoms. The number of nitrogens with zero attached hydrogens (tertiary/aromatic N) is 1. The lowest BCUT2D eigenvalue weighted by Gasteiger charge is -2.29. The molecule has 2 atom stereocenters. The normalized spacial score (nSPS) is 24.8. The quantitative estimate of drug-likeness (QED) is 0.794. The molecule has 0 bridgehead atoms. The molecule has 2 N–H and O–H groups in total. The molecule has 0 saturated carbocycles. The van der Waals surface area contributed by atoms with Gasteiger partial charge in [0.05, 0.1) is 11.3 Å². The van der Waals surface area contributed by atoms with Gasteiger partial charge in [0, 0.05) is 12.1 Å². The molecule has 1 saturated heterocycles. The fraction of sp³-hybridized carbons (Fsp3) is 0.462. The van der Waals surface area contributed by atoms with Crippen LogP contribution in [0, 0.1) is 11.3 Å². The Balaban J connectivity index is 2.06. The van der Waals surface area contributed by atoms with Crippen LogP contribution in [0.4, 0.5) is 5.69 Å². The van der Waals surface area contributed by atoms with Crippen LogP contribution in [0.3, 0.4) is 0 Å². The highest BCUT2D eigenvalue weighted by molar-refractivity contribution is 5.57. The zero-order valence-electron chi connectivity index (χ0n) is 9.53. The number of rotatable bonds is 2. The first-order valence-corrected chi connectivity index (χ1v) is 5.78. The monoisotopic (exact) mass is 215 g/mol. The molecule has 16 heavy (non-hydrogen) atoms. The highest BCUT2D eigenvalue weighted by Gasteiger charge is 2.18. The first-order valence-electron chi connectivity index (χ1n) is 5.78. The molecule has 3 nitrogen and oxygen atoms in total. The highest BCUT2D eigenvalue weighted by Crippen LogP contribution is 2.19. The van der Waals surface area contributed by atoms with Gasteiger partial charge < -0.3 is 10.6 Å². The van der Waals surface area contributed by atoms with E-state index < -0.39 is 0 Å². The van der Waals surface area contributed by atoms with Crippen LogP contribution in [0.25, 0.3) is 0 Å². The third-order valence-electron chi connectivity index (χ3n) is 3.03. The van der Waals surface area contributed by atoms with Gasteiger partial charge in [0.15, 0.2) is 0 Å². The van der Waals surface area contributed by atoms with Crippen LogP contribution >= 0.6 is 0 Å². The minimum absolute atomic E-state index is 0.478. The number of nitrogens with one attached hydrogen (secondary N) is 2. The molecule has 2 rings (SSSR count). The molecule has 1 aromatic carbocycles. The van der Waals surface area contributed by atoms with Gasteiger partial charge in [-0.3, -0.25) is 0 Å². The van der Waals surface area contributed by atoms with Crippen molar-refractivity contribution in [1.82, 2.24) is 5.32 Å². The van der Waals surface area contributed by atoms with E-state index >= 15 is 0 Å². The molecule has 1 heterocycles. The van der Waals surface area contributed by atoms with Crippen LogP contribution in [0.2, 0.25) is 0 Å². The third kappa shape index (κ3) is 2.53. The molecule has 1 fully saturated rings. The number of anilines is 1. The summed E-state index contributed by atoms with van der Waals surface area (Å²) in [5.74, 6) is 0. The predicted octanol–water partition coefficient (Wildman–Crippen LogP) is 2.11. The highest BCUT2D eigenvalue weighted by atomic mass is 15.0. The molecule has 1 aliphatic heterocycles. The maximum absolute atomic E-state index is 9.00. The number of para-hydroxylation sites is 1. The van der Waals surface area contributed by atoms with Crippen molar-refractivity contribution >= 4 is 5.69 Å². The molecule has 0 radical (unpaired) electrons. The molecule has 3 heteroatoms. The third-order valence-corrected chi connectivity index (χ3v) is 3.03. The van der Waals surface area contributed by atoms with Crippen LogP contribution in [-0.2, 0) is 0 Å². The summed E-state index contributed by atoms with van der Waals surface area (Å²) in [5.41, 5.74) is 1.69. The molecule has 0 aromatic heterocycles. The van der Waals surface area contributed by atoms with E-state index in [1.54, 1.807) is 0 Å². The number of hydrogen-bond acceptors (Lipinski definition) is 3. The molecule has 0 amide bonds. The Morgan fingerprint density at radius 1 is 1.44 bits per heavy atom. The Hall–Kier alpha value is -1.53. The minimum Gasteiger partial charge on any atom is -0.381 e. The zero-order valence-corrected chi connectivity index (χ0v) is 9.53. The number of benzene rings is 1. The fourth-order valence-electron chi connectivity index (χ4n) is 2.19. The first kappa shape index (κ1) is 11.0. The number of piperidine rings is 1. The Kier molecular flexibility index (Phi) is 3.43. The minimum atomic E-state index is 0.478. The van der Waals surface area contributed by atoms with E-state index in [0.717, 1.165) is 30.6 Å². The summed E-state index contributed by atoms with van der Waals surface area (Å²) in [4.78, 5) is 0. The Labute approximate surface area is 96.5 Å². The van der Waals surface area contributed by atoms with Crippen molar-refractivity contribution in [1.29, 1.82) is 5.26 Å². The van der Waals surface area contributed by atoms with Gasteiger partial charge in [0.1, 0.15) is 6.07 Å². The average Bonchev–Trinajstić information content (AvgIpc) is 2.30. The van der Waals surface area contributed by atoms with Crippen LogP contribution in [0.1, 0.15) is 25.3 Å². The van der Waals surface area contributed by atoms with Gasteiger partial charge in [-0.15, -0.1) is 0 Å². The van der Waals surface area contributed by atoms with Crippen LogP contribution in [0.5, 0.6) is 0 Å². The largest absolute Gasteiger partial charge is 0.381 e. The van der Waals surface area contributed by atoms with E-state index in [0.29, 0.717) is 12.1 Å². The summed E-state index contributed by atoms with van der Waals surface area (Å²) in [6, 6.07) is 10.9. The molecule has 1 aliphatic rings. The molecule has 84 valence electrons. The van der Waals surface area contributed by atoms with Crippen molar-refractivity contribution in [3.05, 3.63) is 29.8 Å². The summed E-state index contributed by atoms with van der Waals surface area (Å²) in [5, 5.41) is 15.9. The van der Waals surface area contributed by atoms with E-state index in [1.165, 1.54) is 0 Å². The molecule has 0 aliphatic carbocycles. The second-order valence-electron chi connectivity index (χ2n) is 4.38. The summed E-state index contributed by atoms with van der Waals surface area (Å²) in [6.07, 6.45) is 2.23. The van der Waals surface area contributed by atoms with Crippen LogP contribution in [-0.4, -0.2) is 18.6 Å². The van der Waals surface area contributed by atoms with Crippen LogP contribution in [0.15, 0.2) is 24.3 Å². The number of nitriles is 1. The van der Waals surface area contributed by atoms with E-state index in [-0.39, 0.29) is 0 Å². The average molecular weight is 215 g/mol. The lowest BCUT2D eigenvalue weighted by Crippen LogP contribution is -2.41. The van der Waals surface area contributed by atoms with Gasteiger partial charge in [-0.2, -0.15) is 5.26 Å². The van der Waals surface area contributed by atoms with Gasteiger partial charge >= 0.3 is 0 Å². The smallest absolute Gasteiger partial charge is 0.101 e. The van der Waals surface area contributed by atoms with Crippen molar-refractivity contribution in [2.75, 3.05) is 11.9 Å². The van der Waals surface area contributed by atoms with Crippen molar-refractivity contribution < 1.29 is 0 Å². The second kappa shape index (κ2) is 5.00. The molecular weight excluding hydrogens is 198 g/mol. The Morgan fingerprint density at radius 3 is 3.00 bits per heavy atom. The topological polar surface area (TPSA) is 47.9 Å². The van der Waals surface area contributed by atoms with E-state index in [1.807, 2.05) is 24.3 Å². The molecule has 1 aromatic rings. The van der Waals surface area contributed by atoms with Gasteiger partial charge in [-0.1, -0.05) is 12.1 Å². The van der Waals surface area contributed by atoms with Crippen molar-refractivity contribution in [2.45, 2.75) is 31.8 Å². The second-order valence-corrected chi connectivity index (χ2v) is 4.38. The standard InChI is InChI=1S/C13H17N3/c1-10-8-12(6-7-15-10)16-13-5-3-2-4-11(13)9-14/h2-5,10,12,15-16H,6-8H2,1H3. The SMILES string of the molecule is CC1CC(Nc2ccccc2C#N)CCN1. The lowest BCUT2D eigenvalue weighted by atomic mass is 10.00. The predicted molar refractivity (Wildman–Crippen MR) is 65.3 cm³/mol. The first-order chi connectivity index (χ1) is 7.79. The fourth-order valence-corrected chi connectivity index (χ4v) is 2.19. The summed E-state index contributed by atoms with van der Waals surface area (Å²) >= 11 is 0. The van der Waals surface area contributed by atoms with Crippen LogP contribution < -0.4 is 10.6 Å². The van der Waals surface area contributed by atoms with E-state index in [9.17, 15) is 0 Å². The maximum Gasteiger partial charge on any atom is 0.101 e. The lowest BCUT2D eigenvalue weighted by molar-refractivity contribution is 0.396. The van der Waals surface area contributed by atoms with E-state index in [2.05, 4.69) is 23.6 Å². The molecular formula is C13H17N3. The van der Waals surface area contributed by atoms with Gasteiger partial charge in [-0.05, 0) is 38.4 Å². The van der Waals surface area contributed by atoms with E-state index in [4.69, 9.17) is 5.26 Å². The Morgan fingerprint density at radius 2 is 2.25 bits per heavy atom. The number of hydrogen-bond donors (Lipinski definition) is 2. The summed E-state index contributed by atoms with van der Waals surface area (Å²) < 4.78 is 0. The maximum atomic E-state index is 9.00. The zero-order chi connectivity index (χ0) is 11.4. The van der Waals surface area contributed by atoms with Gasteiger partial charge in [0.25, 0.3) is 0 Å². The van der Waals surface area contributed by atoms with Crippen molar-refractivity contribution in [3.63, 3.8) is 0 Å². The Bertz CT molecular complexity index is 394. The van der Waals surface area contributed by atoms with Gasteiger partial charge in [0.2, 0.25) is 0 Å². The van der Waals surface area contributed by atoms with Crippen molar-refractivity contribution in [3.8, 4) is 6.07 Å².